The van der Waals surface area contributed by atoms with Crippen molar-refractivity contribution in [3.05, 3.63) is 0 Å². The maximum absolute atomic E-state index is 4.40. The van der Waals surface area contributed by atoms with Crippen molar-refractivity contribution in [1.82, 2.24) is 4.90 Å². The standard InChI is InChI=1S/C10H22BNS/c1-10(2,3)12-7-4-5-9(11-13)6-8-12/h9,11,13H,4-8H2,1-3H3. The van der Waals surface area contributed by atoms with Crippen LogP contribution in [0.1, 0.15) is 40.0 Å². The van der Waals surface area contributed by atoms with Crippen LogP contribution in [0, 0.1) is 0 Å². The van der Waals surface area contributed by atoms with Crippen molar-refractivity contribution < 1.29 is 0 Å². The minimum absolute atomic E-state index is 0.353. The van der Waals surface area contributed by atoms with Crippen LogP contribution in [0.25, 0.3) is 0 Å². The maximum atomic E-state index is 4.40. The van der Waals surface area contributed by atoms with Crippen LogP contribution in [-0.2, 0) is 0 Å². The van der Waals surface area contributed by atoms with Gasteiger partial charge >= 0.3 is 0 Å². The summed E-state index contributed by atoms with van der Waals surface area (Å²) in [4.78, 5) is 2.61. The fourth-order valence-corrected chi connectivity index (χ4v) is 2.38. The summed E-state index contributed by atoms with van der Waals surface area (Å²) in [6, 6.07) is 0. The molecule has 1 saturated heterocycles. The van der Waals surface area contributed by atoms with Gasteiger partial charge in [0.25, 0.3) is 0 Å². The fraction of sp³-hybridized carbons (Fsp3) is 1.00. The molecule has 1 rings (SSSR count). The van der Waals surface area contributed by atoms with Gasteiger partial charge in [0, 0.05) is 5.54 Å². The molecule has 1 aliphatic heterocycles. The molecule has 1 aliphatic rings. The number of nitrogens with zero attached hydrogens (tertiary/aromatic N) is 1. The van der Waals surface area contributed by atoms with Gasteiger partial charge in [-0.15, -0.1) is 0 Å². The topological polar surface area (TPSA) is 3.24 Å². The van der Waals surface area contributed by atoms with Gasteiger partial charge in [-0.2, -0.15) is 0 Å². The Kier molecular flexibility index (Phi) is 4.18. The van der Waals surface area contributed by atoms with E-state index in [1.165, 1.54) is 32.4 Å². The minimum atomic E-state index is 0.353. The van der Waals surface area contributed by atoms with E-state index in [1.54, 1.807) is 0 Å². The Morgan fingerprint density at radius 1 is 1.23 bits per heavy atom. The second-order valence-corrected chi connectivity index (χ2v) is 5.50. The van der Waals surface area contributed by atoms with E-state index in [0.29, 0.717) is 5.54 Å². The Balaban J connectivity index is 2.45. The van der Waals surface area contributed by atoms with E-state index < -0.39 is 0 Å². The number of rotatable bonds is 1. The lowest BCUT2D eigenvalue weighted by Gasteiger charge is -2.34. The average Bonchev–Trinajstić information content (AvgIpc) is 2.26. The summed E-state index contributed by atoms with van der Waals surface area (Å²) in [5.74, 6) is 0.857. The Hall–Kier alpha value is 0.375. The Morgan fingerprint density at radius 2 is 1.92 bits per heavy atom. The van der Waals surface area contributed by atoms with E-state index >= 15 is 0 Å². The molecule has 1 nitrogen and oxygen atoms in total. The normalized spacial score (nSPS) is 26.9. The third-order valence-electron chi connectivity index (χ3n) is 3.05. The van der Waals surface area contributed by atoms with Crippen LogP contribution in [0.4, 0.5) is 0 Å². The van der Waals surface area contributed by atoms with Crippen LogP contribution in [0.2, 0.25) is 5.82 Å². The highest BCUT2D eigenvalue weighted by Gasteiger charge is 2.24. The molecule has 1 fully saturated rings. The number of hydrogen-bond donors (Lipinski definition) is 1. The quantitative estimate of drug-likeness (QED) is 0.501. The lowest BCUT2D eigenvalue weighted by atomic mass is 9.80. The summed E-state index contributed by atoms with van der Waals surface area (Å²) in [6.07, 6.45) is 4.05. The molecule has 76 valence electrons. The monoisotopic (exact) mass is 199 g/mol. The van der Waals surface area contributed by atoms with Gasteiger partial charge in [0.1, 0.15) is 0 Å². The van der Waals surface area contributed by atoms with E-state index in [9.17, 15) is 0 Å². The summed E-state index contributed by atoms with van der Waals surface area (Å²) in [5, 5.41) is 0. The SMILES string of the molecule is CC(C)(C)N1CCCC(BS)CC1. The molecule has 0 saturated carbocycles. The van der Waals surface area contributed by atoms with Crippen LogP contribution >= 0.6 is 12.5 Å². The lowest BCUT2D eigenvalue weighted by molar-refractivity contribution is 0.142. The zero-order valence-electron chi connectivity index (χ0n) is 9.21. The summed E-state index contributed by atoms with van der Waals surface area (Å²) < 4.78 is 0. The predicted molar refractivity (Wildman–Crippen MR) is 65.1 cm³/mol. The van der Waals surface area contributed by atoms with Gasteiger partial charge in [0.15, 0.2) is 6.56 Å². The third-order valence-corrected chi connectivity index (χ3v) is 3.57. The molecule has 0 aliphatic carbocycles. The first kappa shape index (κ1) is 11.4. The molecule has 0 aromatic heterocycles. The average molecular weight is 199 g/mol. The molecule has 0 bridgehead atoms. The number of hydrogen-bond acceptors (Lipinski definition) is 2. The Bertz CT molecular complexity index is 155. The van der Waals surface area contributed by atoms with Crippen LogP contribution in [-0.4, -0.2) is 30.1 Å². The molecule has 1 heterocycles. The number of likely N-dealkylation sites (tertiary alicyclic amines) is 1. The molecule has 0 aromatic rings. The first-order chi connectivity index (χ1) is 6.04. The zero-order valence-corrected chi connectivity index (χ0v) is 10.1. The molecule has 0 spiro atoms. The molecule has 1 atom stereocenters. The van der Waals surface area contributed by atoms with Gasteiger partial charge in [-0.1, -0.05) is 12.2 Å². The zero-order chi connectivity index (χ0) is 9.90. The molecule has 0 amide bonds. The Morgan fingerprint density at radius 3 is 2.46 bits per heavy atom. The molecular weight excluding hydrogens is 177 g/mol. The van der Waals surface area contributed by atoms with E-state index in [1.807, 2.05) is 0 Å². The summed E-state index contributed by atoms with van der Waals surface area (Å²) >= 11 is 4.40. The molecular formula is C10H22BNS. The van der Waals surface area contributed by atoms with Crippen molar-refractivity contribution in [1.29, 1.82) is 0 Å². The van der Waals surface area contributed by atoms with Gasteiger partial charge in [-0.25, -0.2) is 12.5 Å². The van der Waals surface area contributed by atoms with E-state index in [2.05, 4.69) is 38.2 Å². The third kappa shape index (κ3) is 3.55. The van der Waals surface area contributed by atoms with Gasteiger partial charge in [-0.05, 0) is 46.7 Å². The molecule has 1 unspecified atom stereocenters. The second-order valence-electron chi connectivity index (χ2n) is 5.14. The second kappa shape index (κ2) is 4.74. The van der Waals surface area contributed by atoms with Crippen molar-refractivity contribution in [2.75, 3.05) is 13.1 Å². The fourth-order valence-electron chi connectivity index (χ4n) is 2.02. The van der Waals surface area contributed by atoms with Crippen molar-refractivity contribution in [3.63, 3.8) is 0 Å². The minimum Gasteiger partial charge on any atom is -0.299 e. The molecule has 0 N–H and O–H groups in total. The molecule has 0 radical (unpaired) electrons. The van der Waals surface area contributed by atoms with E-state index in [-0.39, 0.29) is 0 Å². The smallest absolute Gasteiger partial charge is 0.190 e. The van der Waals surface area contributed by atoms with Gasteiger partial charge < -0.3 is 0 Å². The molecule has 3 heteroatoms. The highest BCUT2D eigenvalue weighted by molar-refractivity contribution is 8.07. The van der Waals surface area contributed by atoms with Crippen molar-refractivity contribution in [2.45, 2.75) is 51.4 Å². The van der Waals surface area contributed by atoms with Crippen LogP contribution in [0.3, 0.4) is 0 Å². The van der Waals surface area contributed by atoms with Gasteiger partial charge in [0.05, 0.1) is 0 Å². The highest BCUT2D eigenvalue weighted by Crippen LogP contribution is 2.26. The van der Waals surface area contributed by atoms with Crippen LogP contribution in [0.5, 0.6) is 0 Å². The van der Waals surface area contributed by atoms with Crippen molar-refractivity contribution in [2.24, 2.45) is 0 Å². The summed E-state index contributed by atoms with van der Waals surface area (Å²) in [5.41, 5.74) is 0.353. The van der Waals surface area contributed by atoms with E-state index in [0.717, 1.165) is 12.4 Å². The Labute approximate surface area is 88.8 Å². The highest BCUT2D eigenvalue weighted by atomic mass is 32.1. The summed E-state index contributed by atoms with van der Waals surface area (Å²) in [7, 11) is 0. The first-order valence-electron chi connectivity index (χ1n) is 5.40. The molecule has 13 heavy (non-hydrogen) atoms. The molecule has 0 aromatic carbocycles. The largest absolute Gasteiger partial charge is 0.299 e. The van der Waals surface area contributed by atoms with Gasteiger partial charge in [-0.3, -0.25) is 4.90 Å². The van der Waals surface area contributed by atoms with Gasteiger partial charge in [0.2, 0.25) is 0 Å². The van der Waals surface area contributed by atoms with Crippen LogP contribution < -0.4 is 0 Å². The lowest BCUT2D eigenvalue weighted by Crippen LogP contribution is -2.41. The van der Waals surface area contributed by atoms with Crippen molar-refractivity contribution >= 4 is 19.0 Å². The summed E-state index contributed by atoms with van der Waals surface area (Å²) in [6.45, 7) is 10.5. The number of thiol groups is 1. The predicted octanol–water partition coefficient (Wildman–Crippen LogP) is 2.34. The maximum Gasteiger partial charge on any atom is 0.190 e. The first-order valence-corrected chi connectivity index (χ1v) is 6.03. The van der Waals surface area contributed by atoms with Crippen molar-refractivity contribution in [3.8, 4) is 0 Å². The van der Waals surface area contributed by atoms with E-state index in [4.69, 9.17) is 0 Å². The van der Waals surface area contributed by atoms with Crippen LogP contribution in [0.15, 0.2) is 0 Å².